The van der Waals surface area contributed by atoms with Crippen LogP contribution in [0.25, 0.3) is 0 Å². The third-order valence-corrected chi connectivity index (χ3v) is 3.12. The Bertz CT molecular complexity index is 389. The van der Waals surface area contributed by atoms with Gasteiger partial charge in [-0.2, -0.15) is 0 Å². The molecule has 1 aromatic carbocycles. The molecule has 0 spiro atoms. The molecule has 94 valence electrons. The Balaban J connectivity index is 2.43. The number of methoxy groups -OCH3 is 2. The molecule has 0 bridgehead atoms. The molecule has 0 aliphatic carbocycles. The first-order chi connectivity index (χ1) is 8.26. The van der Waals surface area contributed by atoms with E-state index in [1.54, 1.807) is 14.2 Å². The molecule has 17 heavy (non-hydrogen) atoms. The minimum Gasteiger partial charge on any atom is -0.496 e. The molecule has 0 saturated carbocycles. The van der Waals surface area contributed by atoms with Crippen LogP contribution in [0, 0.1) is 5.82 Å². The summed E-state index contributed by atoms with van der Waals surface area (Å²) in [5, 5.41) is 3.41. The average Bonchev–Trinajstić information content (AvgIpc) is 2.82. The number of halogens is 1. The quantitative estimate of drug-likeness (QED) is 0.875. The van der Waals surface area contributed by atoms with Gasteiger partial charge < -0.3 is 14.8 Å². The normalized spacial score (nSPS) is 19.6. The van der Waals surface area contributed by atoms with Crippen molar-refractivity contribution < 1.29 is 13.9 Å². The van der Waals surface area contributed by atoms with Crippen molar-refractivity contribution in [1.82, 2.24) is 5.32 Å². The molecule has 1 heterocycles. The highest BCUT2D eigenvalue weighted by Crippen LogP contribution is 2.34. The number of rotatable bonds is 4. The zero-order valence-electron chi connectivity index (χ0n) is 10.3. The van der Waals surface area contributed by atoms with Gasteiger partial charge >= 0.3 is 0 Å². The summed E-state index contributed by atoms with van der Waals surface area (Å²) >= 11 is 0. The third kappa shape index (κ3) is 2.58. The van der Waals surface area contributed by atoms with E-state index in [0.717, 1.165) is 30.5 Å². The molecule has 1 aliphatic rings. The Morgan fingerprint density at radius 2 is 2.24 bits per heavy atom. The van der Waals surface area contributed by atoms with Crippen LogP contribution in [0.2, 0.25) is 0 Å². The van der Waals surface area contributed by atoms with E-state index in [9.17, 15) is 4.39 Å². The summed E-state index contributed by atoms with van der Waals surface area (Å²) in [5.74, 6) is 0.326. The predicted molar refractivity (Wildman–Crippen MR) is 63.6 cm³/mol. The molecule has 1 fully saturated rings. The lowest BCUT2D eigenvalue weighted by Crippen LogP contribution is -2.16. The van der Waals surface area contributed by atoms with Gasteiger partial charge in [-0.3, -0.25) is 0 Å². The fourth-order valence-corrected chi connectivity index (χ4v) is 2.42. The summed E-state index contributed by atoms with van der Waals surface area (Å²) in [6.45, 7) is 1.40. The fourth-order valence-electron chi connectivity index (χ4n) is 2.42. The van der Waals surface area contributed by atoms with E-state index in [-0.39, 0.29) is 11.9 Å². The number of hydrogen-bond donors (Lipinski definition) is 1. The van der Waals surface area contributed by atoms with Crippen LogP contribution in [0.1, 0.15) is 30.0 Å². The van der Waals surface area contributed by atoms with Crippen molar-refractivity contribution in [3.8, 4) is 5.75 Å². The molecule has 3 nitrogen and oxygen atoms in total. The summed E-state index contributed by atoms with van der Waals surface area (Å²) in [7, 11) is 3.19. The number of ether oxygens (including phenoxy) is 2. The lowest BCUT2D eigenvalue weighted by molar-refractivity contribution is 0.182. The van der Waals surface area contributed by atoms with Gasteiger partial charge in [0.2, 0.25) is 0 Å². The zero-order chi connectivity index (χ0) is 12.3. The highest BCUT2D eigenvalue weighted by atomic mass is 19.1. The molecule has 1 aliphatic heterocycles. The van der Waals surface area contributed by atoms with Gasteiger partial charge in [0, 0.05) is 24.8 Å². The van der Waals surface area contributed by atoms with Gasteiger partial charge in [0.25, 0.3) is 0 Å². The van der Waals surface area contributed by atoms with E-state index < -0.39 is 0 Å². The molecule has 1 unspecified atom stereocenters. The maximum Gasteiger partial charge on any atom is 0.127 e. The molecule has 0 amide bonds. The molecule has 1 atom stereocenters. The number of nitrogens with one attached hydrogen (secondary N) is 1. The van der Waals surface area contributed by atoms with Gasteiger partial charge in [-0.1, -0.05) is 0 Å². The highest BCUT2D eigenvalue weighted by Gasteiger charge is 2.23. The summed E-state index contributed by atoms with van der Waals surface area (Å²) in [5.41, 5.74) is 1.90. The van der Waals surface area contributed by atoms with Crippen molar-refractivity contribution in [2.75, 3.05) is 20.8 Å². The SMILES string of the molecule is COCc1cc(F)cc(OC)c1C1CCCN1. The molecule has 1 N–H and O–H groups in total. The molecule has 0 aromatic heterocycles. The highest BCUT2D eigenvalue weighted by molar-refractivity contribution is 5.43. The van der Waals surface area contributed by atoms with Gasteiger partial charge in [-0.15, -0.1) is 0 Å². The summed E-state index contributed by atoms with van der Waals surface area (Å²) in [6.07, 6.45) is 2.19. The maximum atomic E-state index is 13.4. The van der Waals surface area contributed by atoms with Crippen LogP contribution >= 0.6 is 0 Å². The van der Waals surface area contributed by atoms with E-state index in [2.05, 4.69) is 5.32 Å². The fraction of sp³-hybridized carbons (Fsp3) is 0.538. The van der Waals surface area contributed by atoms with Crippen LogP contribution in [0.15, 0.2) is 12.1 Å². The van der Waals surface area contributed by atoms with E-state index in [1.807, 2.05) is 0 Å². The molecular weight excluding hydrogens is 221 g/mol. The van der Waals surface area contributed by atoms with Crippen LogP contribution < -0.4 is 10.1 Å². The third-order valence-electron chi connectivity index (χ3n) is 3.12. The van der Waals surface area contributed by atoms with Gasteiger partial charge in [0.05, 0.1) is 13.7 Å². The smallest absolute Gasteiger partial charge is 0.127 e. The topological polar surface area (TPSA) is 30.5 Å². The zero-order valence-corrected chi connectivity index (χ0v) is 10.3. The standard InChI is InChI=1S/C13H18FNO2/c1-16-8-9-6-10(14)7-12(17-2)13(9)11-4-3-5-15-11/h6-7,11,15H,3-5,8H2,1-2H3. The van der Waals surface area contributed by atoms with E-state index in [1.165, 1.54) is 12.1 Å². The second-order valence-corrected chi connectivity index (χ2v) is 4.26. The summed E-state index contributed by atoms with van der Waals surface area (Å²) in [6, 6.07) is 3.21. The molecule has 4 heteroatoms. The summed E-state index contributed by atoms with van der Waals surface area (Å²) in [4.78, 5) is 0. The lowest BCUT2D eigenvalue weighted by atomic mass is 9.98. The summed E-state index contributed by atoms with van der Waals surface area (Å²) < 4.78 is 23.9. The Labute approximate surface area is 101 Å². The first kappa shape index (κ1) is 12.3. The Morgan fingerprint density at radius 3 is 2.82 bits per heavy atom. The van der Waals surface area contributed by atoms with E-state index in [4.69, 9.17) is 9.47 Å². The van der Waals surface area contributed by atoms with Gasteiger partial charge in [-0.05, 0) is 31.0 Å². The molecular formula is C13H18FNO2. The first-order valence-corrected chi connectivity index (χ1v) is 5.85. The van der Waals surface area contributed by atoms with Crippen LogP contribution in [-0.4, -0.2) is 20.8 Å². The van der Waals surface area contributed by atoms with Crippen molar-refractivity contribution in [2.45, 2.75) is 25.5 Å². The predicted octanol–water partition coefficient (Wildman–Crippen LogP) is 2.41. The first-order valence-electron chi connectivity index (χ1n) is 5.85. The molecule has 1 saturated heterocycles. The number of benzene rings is 1. The van der Waals surface area contributed by atoms with Gasteiger partial charge in [0.1, 0.15) is 11.6 Å². The Hall–Kier alpha value is -1.13. The van der Waals surface area contributed by atoms with Crippen LogP contribution in [0.5, 0.6) is 5.75 Å². The van der Waals surface area contributed by atoms with Crippen molar-refractivity contribution in [2.24, 2.45) is 0 Å². The van der Waals surface area contributed by atoms with E-state index >= 15 is 0 Å². The Kier molecular flexibility index (Phi) is 3.97. The minimum atomic E-state index is -0.282. The van der Waals surface area contributed by atoms with Crippen LogP contribution in [-0.2, 0) is 11.3 Å². The van der Waals surface area contributed by atoms with Crippen molar-refractivity contribution in [3.63, 3.8) is 0 Å². The van der Waals surface area contributed by atoms with Crippen molar-refractivity contribution in [3.05, 3.63) is 29.1 Å². The lowest BCUT2D eigenvalue weighted by Gasteiger charge is -2.19. The molecule has 1 aromatic rings. The molecule has 2 rings (SSSR count). The largest absolute Gasteiger partial charge is 0.496 e. The average molecular weight is 239 g/mol. The second-order valence-electron chi connectivity index (χ2n) is 4.26. The maximum absolute atomic E-state index is 13.4. The Morgan fingerprint density at radius 1 is 1.41 bits per heavy atom. The molecule has 0 radical (unpaired) electrons. The van der Waals surface area contributed by atoms with Crippen LogP contribution in [0.4, 0.5) is 4.39 Å². The van der Waals surface area contributed by atoms with Crippen molar-refractivity contribution >= 4 is 0 Å². The van der Waals surface area contributed by atoms with Gasteiger partial charge in [0.15, 0.2) is 0 Å². The minimum absolute atomic E-state index is 0.246. The number of hydrogen-bond acceptors (Lipinski definition) is 3. The second kappa shape index (κ2) is 5.47. The monoisotopic (exact) mass is 239 g/mol. The van der Waals surface area contributed by atoms with E-state index in [0.29, 0.717) is 12.4 Å². The van der Waals surface area contributed by atoms with Crippen molar-refractivity contribution in [1.29, 1.82) is 0 Å². The van der Waals surface area contributed by atoms with Crippen LogP contribution in [0.3, 0.4) is 0 Å². The van der Waals surface area contributed by atoms with Gasteiger partial charge in [-0.25, -0.2) is 4.39 Å².